The average Bonchev–Trinajstić information content (AvgIpc) is 2.87. The summed E-state index contributed by atoms with van der Waals surface area (Å²) in [5, 5.41) is 0. The molecule has 2 heterocycles. The number of allylic oxidation sites excluding steroid dienone is 2. The highest BCUT2D eigenvalue weighted by Gasteiger charge is 2.39. The second-order valence-electron chi connectivity index (χ2n) is 8.02. The molecule has 138 valence electrons. The number of guanidine groups is 1. The molecule has 4 rings (SSSR count). The lowest BCUT2D eigenvalue weighted by molar-refractivity contribution is 0.181. The Labute approximate surface area is 158 Å². The fourth-order valence-electron chi connectivity index (χ4n) is 4.98. The molecule has 0 amide bonds. The molecule has 0 saturated carbocycles. The van der Waals surface area contributed by atoms with Gasteiger partial charge in [0.05, 0.1) is 6.04 Å². The predicted molar refractivity (Wildman–Crippen MR) is 109 cm³/mol. The molecule has 1 saturated heterocycles. The van der Waals surface area contributed by atoms with Gasteiger partial charge in [0.15, 0.2) is 5.96 Å². The Bertz CT molecular complexity index is 748. The van der Waals surface area contributed by atoms with E-state index in [9.17, 15) is 0 Å². The van der Waals surface area contributed by atoms with Crippen LogP contribution in [0.5, 0.6) is 0 Å². The predicted octanol–water partition coefficient (Wildman–Crippen LogP) is 4.80. The number of nitrogens with zero attached hydrogens (tertiary/aromatic N) is 3. The Morgan fingerprint density at radius 3 is 2.23 bits per heavy atom. The Morgan fingerprint density at radius 1 is 0.885 bits per heavy atom. The minimum Gasteiger partial charge on any atom is -0.343 e. The molecule has 26 heavy (non-hydrogen) atoms. The summed E-state index contributed by atoms with van der Waals surface area (Å²) in [5.41, 5.74) is 7.43. The van der Waals surface area contributed by atoms with Crippen molar-refractivity contribution < 1.29 is 0 Å². The number of fused-ring (bicyclic) bond motifs is 1. The third-order valence-corrected chi connectivity index (χ3v) is 6.68. The standard InChI is InChI=1S/C23H31N3/c1-16-17(2)19(4)21(18(16)3)22(20-10-6-5-7-11-20)26-15-9-14-25-13-8-12-24-23(25)26/h5-7,10-11,21-22H,8-9,12-15H2,1-4H3. The molecule has 3 heteroatoms. The largest absolute Gasteiger partial charge is 0.343 e. The second kappa shape index (κ2) is 6.94. The summed E-state index contributed by atoms with van der Waals surface area (Å²) in [4.78, 5) is 10.1. The maximum atomic E-state index is 4.98. The number of hydrogen-bond donors (Lipinski definition) is 0. The first-order valence-electron chi connectivity index (χ1n) is 10.1. The Kier molecular flexibility index (Phi) is 4.64. The normalized spacial score (nSPS) is 22.7. The van der Waals surface area contributed by atoms with Gasteiger partial charge >= 0.3 is 0 Å². The summed E-state index contributed by atoms with van der Waals surface area (Å²) in [7, 11) is 0. The molecule has 2 aliphatic heterocycles. The zero-order valence-corrected chi connectivity index (χ0v) is 16.6. The smallest absolute Gasteiger partial charge is 0.197 e. The number of hydrogen-bond acceptors (Lipinski definition) is 3. The molecule has 0 radical (unpaired) electrons. The quantitative estimate of drug-likeness (QED) is 0.781. The maximum absolute atomic E-state index is 4.98. The van der Waals surface area contributed by atoms with Gasteiger partial charge in [0.2, 0.25) is 0 Å². The Balaban J connectivity index is 1.81. The molecular formula is C23H31N3. The summed E-state index contributed by atoms with van der Waals surface area (Å²) < 4.78 is 0. The third kappa shape index (κ3) is 2.78. The number of rotatable bonds is 3. The van der Waals surface area contributed by atoms with Crippen molar-refractivity contribution in [1.82, 2.24) is 9.80 Å². The van der Waals surface area contributed by atoms with Crippen molar-refractivity contribution in [1.29, 1.82) is 0 Å². The zero-order chi connectivity index (χ0) is 18.3. The average molecular weight is 350 g/mol. The lowest BCUT2D eigenvalue weighted by Crippen LogP contribution is -2.54. The molecule has 0 aromatic heterocycles. The van der Waals surface area contributed by atoms with Crippen LogP contribution in [0.25, 0.3) is 0 Å². The van der Waals surface area contributed by atoms with Gasteiger partial charge in [-0.3, -0.25) is 4.99 Å². The fraction of sp³-hybridized carbons (Fsp3) is 0.522. The highest BCUT2D eigenvalue weighted by Crippen LogP contribution is 2.46. The van der Waals surface area contributed by atoms with Gasteiger partial charge in [0.1, 0.15) is 0 Å². The summed E-state index contributed by atoms with van der Waals surface area (Å²) in [6.45, 7) is 13.6. The van der Waals surface area contributed by atoms with Gasteiger partial charge in [0.25, 0.3) is 0 Å². The van der Waals surface area contributed by atoms with E-state index in [0.717, 1.165) is 26.2 Å². The van der Waals surface area contributed by atoms with Crippen LogP contribution in [-0.4, -0.2) is 41.9 Å². The Morgan fingerprint density at radius 2 is 1.54 bits per heavy atom. The molecule has 1 aliphatic carbocycles. The molecule has 1 aromatic rings. The van der Waals surface area contributed by atoms with Crippen molar-refractivity contribution >= 4 is 5.96 Å². The van der Waals surface area contributed by atoms with E-state index in [1.165, 1.54) is 46.7 Å². The van der Waals surface area contributed by atoms with E-state index < -0.39 is 0 Å². The molecular weight excluding hydrogens is 318 g/mol. The van der Waals surface area contributed by atoms with Crippen molar-refractivity contribution in [3.63, 3.8) is 0 Å². The molecule has 3 nitrogen and oxygen atoms in total. The SMILES string of the molecule is CC1=C(C)C(C(c2ccccc2)N2CCCN3CCCN=C32)C(C)=C1C. The van der Waals surface area contributed by atoms with Crippen LogP contribution < -0.4 is 0 Å². The van der Waals surface area contributed by atoms with Crippen LogP contribution in [0.15, 0.2) is 57.6 Å². The van der Waals surface area contributed by atoms with Gasteiger partial charge in [-0.1, -0.05) is 41.5 Å². The molecule has 1 fully saturated rings. The van der Waals surface area contributed by atoms with Gasteiger partial charge in [0, 0.05) is 32.1 Å². The zero-order valence-electron chi connectivity index (χ0n) is 16.6. The van der Waals surface area contributed by atoms with Crippen molar-refractivity contribution in [3.05, 3.63) is 58.2 Å². The fourth-order valence-corrected chi connectivity index (χ4v) is 4.98. The first-order chi connectivity index (χ1) is 12.6. The van der Waals surface area contributed by atoms with E-state index in [2.05, 4.69) is 67.8 Å². The second-order valence-corrected chi connectivity index (χ2v) is 8.02. The molecule has 0 spiro atoms. The molecule has 1 unspecified atom stereocenters. The maximum Gasteiger partial charge on any atom is 0.197 e. The first-order valence-corrected chi connectivity index (χ1v) is 10.1. The molecule has 1 atom stereocenters. The number of aliphatic imine (C=N–C) groups is 1. The molecule has 0 N–H and O–H groups in total. The lowest BCUT2D eigenvalue weighted by Gasteiger charge is -2.47. The molecule has 1 aromatic carbocycles. The van der Waals surface area contributed by atoms with Crippen LogP contribution in [-0.2, 0) is 0 Å². The van der Waals surface area contributed by atoms with Crippen molar-refractivity contribution in [3.8, 4) is 0 Å². The highest BCUT2D eigenvalue weighted by atomic mass is 15.4. The van der Waals surface area contributed by atoms with Crippen LogP contribution in [0.4, 0.5) is 0 Å². The molecule has 3 aliphatic rings. The van der Waals surface area contributed by atoms with Gasteiger partial charge in [-0.05, 0) is 57.2 Å². The summed E-state index contributed by atoms with van der Waals surface area (Å²) in [6.07, 6.45) is 2.41. The lowest BCUT2D eigenvalue weighted by atomic mass is 9.83. The van der Waals surface area contributed by atoms with Crippen LogP contribution >= 0.6 is 0 Å². The number of benzene rings is 1. The summed E-state index contributed by atoms with van der Waals surface area (Å²) >= 11 is 0. The topological polar surface area (TPSA) is 18.8 Å². The van der Waals surface area contributed by atoms with E-state index in [1.54, 1.807) is 0 Å². The summed E-state index contributed by atoms with van der Waals surface area (Å²) in [5.74, 6) is 1.68. The molecule has 0 bridgehead atoms. The summed E-state index contributed by atoms with van der Waals surface area (Å²) in [6, 6.07) is 11.4. The first kappa shape index (κ1) is 17.4. The van der Waals surface area contributed by atoms with Crippen molar-refractivity contribution in [2.75, 3.05) is 26.2 Å². The third-order valence-electron chi connectivity index (χ3n) is 6.68. The van der Waals surface area contributed by atoms with E-state index in [4.69, 9.17) is 4.99 Å². The minimum absolute atomic E-state index is 0.336. The van der Waals surface area contributed by atoms with E-state index in [-0.39, 0.29) is 0 Å². The van der Waals surface area contributed by atoms with Crippen LogP contribution in [0.3, 0.4) is 0 Å². The van der Waals surface area contributed by atoms with Crippen LogP contribution in [0.1, 0.15) is 52.1 Å². The van der Waals surface area contributed by atoms with E-state index >= 15 is 0 Å². The van der Waals surface area contributed by atoms with Gasteiger partial charge in [-0.2, -0.15) is 0 Å². The van der Waals surface area contributed by atoms with Gasteiger partial charge in [-0.25, -0.2) is 0 Å². The Hall–Kier alpha value is -2.03. The van der Waals surface area contributed by atoms with Crippen molar-refractivity contribution in [2.45, 2.75) is 46.6 Å². The van der Waals surface area contributed by atoms with E-state index in [0.29, 0.717) is 12.0 Å². The minimum atomic E-state index is 0.336. The van der Waals surface area contributed by atoms with Gasteiger partial charge < -0.3 is 9.80 Å². The van der Waals surface area contributed by atoms with Crippen LogP contribution in [0, 0.1) is 5.92 Å². The van der Waals surface area contributed by atoms with E-state index in [1.807, 2.05) is 0 Å². The van der Waals surface area contributed by atoms with Crippen LogP contribution in [0.2, 0.25) is 0 Å². The monoisotopic (exact) mass is 349 g/mol. The highest BCUT2D eigenvalue weighted by molar-refractivity contribution is 5.82. The van der Waals surface area contributed by atoms with Gasteiger partial charge in [-0.15, -0.1) is 0 Å². The van der Waals surface area contributed by atoms with Crippen molar-refractivity contribution in [2.24, 2.45) is 10.9 Å².